The highest BCUT2D eigenvalue weighted by molar-refractivity contribution is 5.67. The first kappa shape index (κ1) is 13.9. The van der Waals surface area contributed by atoms with Crippen LogP contribution in [0.4, 0.5) is 4.79 Å². The molecule has 2 unspecified atom stereocenters. The number of carbonyl (C=O) groups excluding carboxylic acids is 1. The summed E-state index contributed by atoms with van der Waals surface area (Å²) in [5, 5.41) is 2.81. The number of alkyl carbamates (subject to hydrolysis) is 1. The molecule has 1 amide bonds. The number of ether oxygens (including phenoxy) is 1. The average Bonchev–Trinajstić information content (AvgIpc) is 2.36. The predicted octanol–water partition coefficient (Wildman–Crippen LogP) is 3.74. The topological polar surface area (TPSA) is 38.3 Å². The number of hydrogen-bond donors (Lipinski definition) is 1. The van der Waals surface area contributed by atoms with Crippen LogP contribution in [0.25, 0.3) is 0 Å². The van der Waals surface area contributed by atoms with Gasteiger partial charge in [-0.3, -0.25) is 0 Å². The minimum atomic E-state index is -0.296. The van der Waals surface area contributed by atoms with Gasteiger partial charge in [-0.05, 0) is 36.7 Å². The molecule has 104 valence electrons. The zero-order chi connectivity index (χ0) is 13.7. The van der Waals surface area contributed by atoms with Crippen molar-refractivity contribution in [1.82, 2.24) is 5.32 Å². The van der Waals surface area contributed by atoms with Gasteiger partial charge in [0.05, 0.1) is 0 Å². The molecule has 1 aromatic rings. The van der Waals surface area contributed by atoms with Crippen LogP contribution in [0.5, 0.6) is 0 Å². The molecule has 0 aromatic heterocycles. The number of hydrogen-bond acceptors (Lipinski definition) is 2. The molecule has 1 fully saturated rings. The molecular weight excluding hydrogens is 238 g/mol. The van der Waals surface area contributed by atoms with Gasteiger partial charge in [-0.1, -0.05) is 44.2 Å². The SMILES string of the molecule is CC1CC(C)CC(OC(=O)NCc2ccccc2)C1. The number of nitrogens with one attached hydrogen (secondary N) is 1. The van der Waals surface area contributed by atoms with Crippen molar-refractivity contribution in [3.05, 3.63) is 35.9 Å². The third-order valence-corrected chi connectivity index (χ3v) is 3.69. The number of rotatable bonds is 3. The summed E-state index contributed by atoms with van der Waals surface area (Å²) in [7, 11) is 0. The minimum absolute atomic E-state index is 0.0783. The van der Waals surface area contributed by atoms with Crippen LogP contribution in [0.1, 0.15) is 38.7 Å². The summed E-state index contributed by atoms with van der Waals surface area (Å²) >= 11 is 0. The summed E-state index contributed by atoms with van der Waals surface area (Å²) in [6, 6.07) is 9.88. The Balaban J connectivity index is 1.75. The van der Waals surface area contributed by atoms with Crippen LogP contribution >= 0.6 is 0 Å². The molecule has 2 atom stereocenters. The van der Waals surface area contributed by atoms with Gasteiger partial charge in [0.2, 0.25) is 0 Å². The summed E-state index contributed by atoms with van der Waals surface area (Å²) in [5.74, 6) is 1.30. The molecule has 0 saturated heterocycles. The highest BCUT2D eigenvalue weighted by Gasteiger charge is 2.26. The van der Waals surface area contributed by atoms with Crippen molar-refractivity contribution in [3.63, 3.8) is 0 Å². The van der Waals surface area contributed by atoms with Crippen molar-refractivity contribution >= 4 is 6.09 Å². The van der Waals surface area contributed by atoms with E-state index in [2.05, 4.69) is 19.2 Å². The van der Waals surface area contributed by atoms with E-state index in [-0.39, 0.29) is 12.2 Å². The van der Waals surface area contributed by atoms with E-state index in [9.17, 15) is 4.79 Å². The maximum absolute atomic E-state index is 11.8. The van der Waals surface area contributed by atoms with Crippen molar-refractivity contribution in [2.45, 2.75) is 45.8 Å². The van der Waals surface area contributed by atoms with Gasteiger partial charge < -0.3 is 10.1 Å². The average molecular weight is 261 g/mol. The Morgan fingerprint density at radius 2 is 1.79 bits per heavy atom. The minimum Gasteiger partial charge on any atom is -0.446 e. The lowest BCUT2D eigenvalue weighted by Crippen LogP contribution is -2.33. The van der Waals surface area contributed by atoms with Crippen LogP contribution in [-0.2, 0) is 11.3 Å². The Morgan fingerprint density at radius 1 is 1.16 bits per heavy atom. The second kappa shape index (κ2) is 6.60. The highest BCUT2D eigenvalue weighted by atomic mass is 16.6. The molecule has 1 N–H and O–H groups in total. The Kier molecular flexibility index (Phi) is 4.83. The van der Waals surface area contributed by atoms with Gasteiger partial charge >= 0.3 is 6.09 Å². The first-order valence-electron chi connectivity index (χ1n) is 7.12. The number of benzene rings is 1. The van der Waals surface area contributed by atoms with Crippen molar-refractivity contribution in [2.24, 2.45) is 11.8 Å². The molecule has 0 radical (unpaired) electrons. The van der Waals surface area contributed by atoms with Crippen LogP contribution in [0.3, 0.4) is 0 Å². The lowest BCUT2D eigenvalue weighted by molar-refractivity contribution is 0.0465. The normalized spacial score (nSPS) is 26.7. The van der Waals surface area contributed by atoms with E-state index in [1.807, 2.05) is 30.3 Å². The molecule has 1 aliphatic rings. The second-order valence-corrected chi connectivity index (χ2v) is 5.78. The third kappa shape index (κ3) is 4.58. The molecule has 1 saturated carbocycles. The summed E-state index contributed by atoms with van der Waals surface area (Å²) in [4.78, 5) is 11.8. The van der Waals surface area contributed by atoms with Gasteiger partial charge in [0.15, 0.2) is 0 Å². The fourth-order valence-corrected chi connectivity index (χ4v) is 2.93. The van der Waals surface area contributed by atoms with Crippen molar-refractivity contribution in [3.8, 4) is 0 Å². The molecule has 1 aromatic carbocycles. The second-order valence-electron chi connectivity index (χ2n) is 5.78. The largest absolute Gasteiger partial charge is 0.446 e. The number of amides is 1. The fraction of sp³-hybridized carbons (Fsp3) is 0.562. The lowest BCUT2D eigenvalue weighted by Gasteiger charge is -2.30. The Bertz CT molecular complexity index is 394. The van der Waals surface area contributed by atoms with Gasteiger partial charge in [-0.15, -0.1) is 0 Å². The van der Waals surface area contributed by atoms with E-state index in [4.69, 9.17) is 4.74 Å². The molecule has 0 bridgehead atoms. The molecule has 0 heterocycles. The molecule has 19 heavy (non-hydrogen) atoms. The van der Waals surface area contributed by atoms with Crippen LogP contribution < -0.4 is 5.32 Å². The van der Waals surface area contributed by atoms with Crippen LogP contribution in [0.15, 0.2) is 30.3 Å². The summed E-state index contributed by atoms with van der Waals surface area (Å²) in [5.41, 5.74) is 1.09. The zero-order valence-electron chi connectivity index (χ0n) is 11.8. The maximum atomic E-state index is 11.8. The summed E-state index contributed by atoms with van der Waals surface area (Å²) < 4.78 is 5.50. The van der Waals surface area contributed by atoms with E-state index in [1.54, 1.807) is 0 Å². The van der Waals surface area contributed by atoms with Gasteiger partial charge in [0, 0.05) is 6.54 Å². The van der Waals surface area contributed by atoms with E-state index in [1.165, 1.54) is 6.42 Å². The lowest BCUT2D eigenvalue weighted by atomic mass is 9.82. The smallest absolute Gasteiger partial charge is 0.407 e. The Morgan fingerprint density at radius 3 is 2.42 bits per heavy atom. The third-order valence-electron chi connectivity index (χ3n) is 3.69. The molecule has 1 aliphatic carbocycles. The number of carbonyl (C=O) groups is 1. The first-order valence-corrected chi connectivity index (χ1v) is 7.12. The van der Waals surface area contributed by atoms with Crippen molar-refractivity contribution < 1.29 is 9.53 Å². The fourth-order valence-electron chi connectivity index (χ4n) is 2.93. The monoisotopic (exact) mass is 261 g/mol. The van der Waals surface area contributed by atoms with Crippen LogP contribution in [0.2, 0.25) is 0 Å². The molecule has 0 spiro atoms. The van der Waals surface area contributed by atoms with E-state index < -0.39 is 0 Å². The molecular formula is C16H23NO2. The zero-order valence-corrected chi connectivity index (χ0v) is 11.8. The van der Waals surface area contributed by atoms with Crippen LogP contribution in [-0.4, -0.2) is 12.2 Å². The molecule has 2 rings (SSSR count). The Hall–Kier alpha value is -1.51. The van der Waals surface area contributed by atoms with E-state index in [0.717, 1.165) is 18.4 Å². The molecule has 3 nitrogen and oxygen atoms in total. The van der Waals surface area contributed by atoms with Gasteiger partial charge in [-0.2, -0.15) is 0 Å². The maximum Gasteiger partial charge on any atom is 0.407 e. The van der Waals surface area contributed by atoms with Crippen molar-refractivity contribution in [2.75, 3.05) is 0 Å². The first-order chi connectivity index (χ1) is 9.13. The standard InChI is InChI=1S/C16H23NO2/c1-12-8-13(2)10-15(9-12)19-16(18)17-11-14-6-4-3-5-7-14/h3-7,12-13,15H,8-11H2,1-2H3,(H,17,18). The summed E-state index contributed by atoms with van der Waals surface area (Å²) in [6.07, 6.45) is 3.00. The van der Waals surface area contributed by atoms with Gasteiger partial charge in [0.25, 0.3) is 0 Å². The van der Waals surface area contributed by atoms with Crippen molar-refractivity contribution in [1.29, 1.82) is 0 Å². The van der Waals surface area contributed by atoms with E-state index >= 15 is 0 Å². The quantitative estimate of drug-likeness (QED) is 0.900. The molecule has 0 aliphatic heterocycles. The summed E-state index contributed by atoms with van der Waals surface area (Å²) in [6.45, 7) is 4.99. The van der Waals surface area contributed by atoms with Gasteiger partial charge in [-0.25, -0.2) is 4.79 Å². The van der Waals surface area contributed by atoms with Gasteiger partial charge in [0.1, 0.15) is 6.10 Å². The van der Waals surface area contributed by atoms with Crippen LogP contribution in [0, 0.1) is 11.8 Å². The molecule has 3 heteroatoms. The predicted molar refractivity (Wildman–Crippen MR) is 75.7 cm³/mol. The van der Waals surface area contributed by atoms with E-state index in [0.29, 0.717) is 18.4 Å². The highest BCUT2D eigenvalue weighted by Crippen LogP contribution is 2.30. The Labute approximate surface area is 115 Å².